The van der Waals surface area contributed by atoms with Crippen LogP contribution < -0.4 is 4.74 Å². The fourth-order valence-corrected chi connectivity index (χ4v) is 2.88. The molecule has 2 N–H and O–H groups in total. The third kappa shape index (κ3) is 1.78. The largest absolute Gasteiger partial charge is 0.487 e. The Morgan fingerprint density at radius 2 is 2.10 bits per heavy atom. The molecule has 1 unspecified atom stereocenters. The van der Waals surface area contributed by atoms with Crippen LogP contribution in [0.5, 0.6) is 5.75 Å². The van der Waals surface area contributed by atoms with Crippen LogP contribution in [0.4, 0.5) is 0 Å². The smallest absolute Gasteiger partial charge is 0.372 e. The van der Waals surface area contributed by atoms with Gasteiger partial charge in [-0.15, -0.1) is 0 Å². The first kappa shape index (κ1) is 13.0. The predicted octanol–water partition coefficient (Wildman–Crippen LogP) is 3.03. The summed E-state index contributed by atoms with van der Waals surface area (Å²) in [5, 5.41) is 20.2. The number of benzene rings is 1. The van der Waals surface area contributed by atoms with E-state index in [-0.39, 0.29) is 5.76 Å². The highest BCUT2D eigenvalue weighted by atomic mass is 16.5. The summed E-state index contributed by atoms with van der Waals surface area (Å²) in [5.74, 6) is -0.619. The molecule has 0 saturated heterocycles. The Labute approximate surface area is 115 Å². The van der Waals surface area contributed by atoms with Crippen LogP contribution in [0, 0.1) is 6.92 Å². The third-order valence-corrected chi connectivity index (χ3v) is 3.69. The summed E-state index contributed by atoms with van der Waals surface area (Å²) in [6, 6.07) is 3.40. The Morgan fingerprint density at radius 3 is 2.75 bits per heavy atom. The molecule has 2 aromatic rings. The van der Waals surface area contributed by atoms with Crippen molar-refractivity contribution in [1.29, 1.82) is 0 Å². The van der Waals surface area contributed by atoms with Crippen molar-refractivity contribution in [1.82, 2.24) is 0 Å². The first-order valence-electron chi connectivity index (χ1n) is 6.46. The van der Waals surface area contributed by atoms with Crippen molar-refractivity contribution >= 4 is 16.9 Å². The minimum absolute atomic E-state index is 0.0922. The van der Waals surface area contributed by atoms with E-state index < -0.39 is 17.7 Å². The van der Waals surface area contributed by atoms with Gasteiger partial charge >= 0.3 is 5.97 Å². The lowest BCUT2D eigenvalue weighted by Crippen LogP contribution is -2.34. The minimum Gasteiger partial charge on any atom is -0.487 e. The summed E-state index contributed by atoms with van der Waals surface area (Å²) in [6.07, 6.45) is -0.248. The second-order valence-corrected chi connectivity index (χ2v) is 5.79. The van der Waals surface area contributed by atoms with E-state index in [1.807, 2.05) is 13.8 Å². The zero-order valence-electron chi connectivity index (χ0n) is 11.6. The third-order valence-electron chi connectivity index (χ3n) is 3.69. The maximum Gasteiger partial charge on any atom is 0.372 e. The molecule has 1 aliphatic heterocycles. The molecule has 0 amide bonds. The molecule has 1 atom stereocenters. The molecule has 1 aromatic carbocycles. The van der Waals surface area contributed by atoms with Crippen LogP contribution in [-0.4, -0.2) is 21.8 Å². The topological polar surface area (TPSA) is 79.9 Å². The van der Waals surface area contributed by atoms with Crippen molar-refractivity contribution in [3.05, 3.63) is 29.0 Å². The zero-order chi connectivity index (χ0) is 14.7. The highest BCUT2D eigenvalue weighted by molar-refractivity contribution is 5.97. The van der Waals surface area contributed by atoms with Crippen LogP contribution in [0.25, 0.3) is 11.0 Å². The van der Waals surface area contributed by atoms with Gasteiger partial charge in [0.25, 0.3) is 0 Å². The van der Waals surface area contributed by atoms with Crippen molar-refractivity contribution < 1.29 is 24.2 Å². The molecule has 1 aliphatic rings. The predicted molar refractivity (Wildman–Crippen MR) is 72.2 cm³/mol. The number of furan rings is 1. The van der Waals surface area contributed by atoms with Gasteiger partial charge < -0.3 is 19.4 Å². The summed E-state index contributed by atoms with van der Waals surface area (Å²) in [5.41, 5.74) is 1.15. The van der Waals surface area contributed by atoms with Gasteiger partial charge in [0.1, 0.15) is 16.9 Å². The monoisotopic (exact) mass is 276 g/mol. The Hall–Kier alpha value is -2.01. The molecule has 0 saturated carbocycles. The molecular formula is C15H16O5. The average molecular weight is 276 g/mol. The Kier molecular flexibility index (Phi) is 2.59. The van der Waals surface area contributed by atoms with Gasteiger partial charge in [-0.3, -0.25) is 0 Å². The number of fused-ring (bicyclic) bond motifs is 3. The maximum atomic E-state index is 11.2. The molecule has 0 aliphatic carbocycles. The van der Waals surface area contributed by atoms with Gasteiger partial charge in [-0.1, -0.05) is 0 Å². The molecule has 106 valence electrons. The van der Waals surface area contributed by atoms with E-state index in [0.29, 0.717) is 34.3 Å². The van der Waals surface area contributed by atoms with E-state index in [4.69, 9.17) is 14.3 Å². The minimum atomic E-state index is -1.11. The van der Waals surface area contributed by atoms with Gasteiger partial charge in [0.2, 0.25) is 5.76 Å². The van der Waals surface area contributed by atoms with Gasteiger partial charge in [0.05, 0.1) is 6.10 Å². The van der Waals surface area contributed by atoms with E-state index in [2.05, 4.69) is 0 Å². The van der Waals surface area contributed by atoms with Crippen molar-refractivity contribution in [3.8, 4) is 5.75 Å². The van der Waals surface area contributed by atoms with Gasteiger partial charge in [-0.25, -0.2) is 4.79 Å². The maximum absolute atomic E-state index is 11.2. The molecule has 1 aromatic heterocycles. The normalized spacial score (nSPS) is 20.5. The number of carboxylic acids is 1. The highest BCUT2D eigenvalue weighted by Gasteiger charge is 2.35. The number of aryl methyl sites for hydroxylation is 1. The Balaban J connectivity index is 2.31. The number of ether oxygens (including phenoxy) is 1. The number of hydrogen-bond donors (Lipinski definition) is 2. The number of aliphatic hydroxyl groups excluding tert-OH is 1. The van der Waals surface area contributed by atoms with Gasteiger partial charge in [0.15, 0.2) is 0 Å². The Morgan fingerprint density at radius 1 is 1.40 bits per heavy atom. The highest BCUT2D eigenvalue weighted by Crippen LogP contribution is 2.45. The molecule has 3 rings (SSSR count). The molecule has 5 nitrogen and oxygen atoms in total. The quantitative estimate of drug-likeness (QED) is 0.836. The standard InChI is InChI=1S/C15H16O5/c1-7-11-9(19-13(7)14(17)18)4-5-10-12(11)8(16)6-15(2,3)20-10/h4-5,8,16H,6H2,1-3H3,(H,17,18). The van der Waals surface area contributed by atoms with Gasteiger partial charge in [-0.2, -0.15) is 0 Å². The molecule has 0 radical (unpaired) electrons. The SMILES string of the molecule is Cc1c(C(=O)O)oc2ccc3c(c12)C(O)CC(C)(C)O3. The van der Waals surface area contributed by atoms with Crippen LogP contribution in [0.2, 0.25) is 0 Å². The van der Waals surface area contributed by atoms with Crippen LogP contribution in [0.3, 0.4) is 0 Å². The van der Waals surface area contributed by atoms with E-state index >= 15 is 0 Å². The van der Waals surface area contributed by atoms with Crippen molar-refractivity contribution in [2.24, 2.45) is 0 Å². The van der Waals surface area contributed by atoms with E-state index in [1.54, 1.807) is 19.1 Å². The fourth-order valence-electron chi connectivity index (χ4n) is 2.88. The summed E-state index contributed by atoms with van der Waals surface area (Å²) in [7, 11) is 0. The van der Waals surface area contributed by atoms with Crippen molar-refractivity contribution in [2.45, 2.75) is 38.9 Å². The molecular weight excluding hydrogens is 260 g/mol. The van der Waals surface area contributed by atoms with Gasteiger partial charge in [-0.05, 0) is 32.9 Å². The first-order chi connectivity index (χ1) is 9.30. The number of hydrogen-bond acceptors (Lipinski definition) is 4. The van der Waals surface area contributed by atoms with Crippen LogP contribution in [-0.2, 0) is 0 Å². The molecule has 2 heterocycles. The number of carbonyl (C=O) groups is 1. The van der Waals surface area contributed by atoms with Crippen LogP contribution in [0.15, 0.2) is 16.5 Å². The molecule has 0 fully saturated rings. The lowest BCUT2D eigenvalue weighted by Gasteiger charge is -2.35. The summed E-state index contributed by atoms with van der Waals surface area (Å²) in [4.78, 5) is 11.2. The van der Waals surface area contributed by atoms with Gasteiger partial charge in [0, 0.05) is 22.9 Å². The number of rotatable bonds is 1. The molecule has 0 bridgehead atoms. The average Bonchev–Trinajstić information content (AvgIpc) is 2.65. The van der Waals surface area contributed by atoms with E-state index in [9.17, 15) is 9.90 Å². The zero-order valence-corrected chi connectivity index (χ0v) is 11.6. The summed E-state index contributed by atoms with van der Waals surface area (Å²) >= 11 is 0. The lowest BCUT2D eigenvalue weighted by molar-refractivity contribution is 0.0126. The number of carboxylic acid groups (broad SMARTS) is 1. The van der Waals surface area contributed by atoms with E-state index in [0.717, 1.165) is 0 Å². The Bertz CT molecular complexity index is 711. The molecule has 5 heteroatoms. The second kappa shape index (κ2) is 3.99. The van der Waals surface area contributed by atoms with Crippen molar-refractivity contribution in [3.63, 3.8) is 0 Å². The van der Waals surface area contributed by atoms with Crippen LogP contribution in [0.1, 0.15) is 48.1 Å². The van der Waals surface area contributed by atoms with Crippen molar-refractivity contribution in [2.75, 3.05) is 0 Å². The lowest BCUT2D eigenvalue weighted by atomic mass is 9.89. The summed E-state index contributed by atoms with van der Waals surface area (Å²) in [6.45, 7) is 5.50. The second-order valence-electron chi connectivity index (χ2n) is 5.79. The summed E-state index contributed by atoms with van der Waals surface area (Å²) < 4.78 is 11.2. The molecule has 20 heavy (non-hydrogen) atoms. The van der Waals surface area contributed by atoms with Crippen LogP contribution >= 0.6 is 0 Å². The fraction of sp³-hybridized carbons (Fsp3) is 0.400. The first-order valence-corrected chi connectivity index (χ1v) is 6.46. The number of aromatic carboxylic acids is 1. The number of aliphatic hydroxyl groups is 1. The van der Waals surface area contributed by atoms with E-state index in [1.165, 1.54) is 0 Å². The molecule has 0 spiro atoms.